The third-order valence-corrected chi connectivity index (χ3v) is 5.25. The van der Waals surface area contributed by atoms with Crippen molar-refractivity contribution in [3.8, 4) is 5.75 Å². The van der Waals surface area contributed by atoms with Crippen molar-refractivity contribution in [3.63, 3.8) is 0 Å². The van der Waals surface area contributed by atoms with Crippen molar-refractivity contribution in [1.29, 1.82) is 0 Å². The van der Waals surface area contributed by atoms with Crippen LogP contribution in [0.15, 0.2) is 78.9 Å². The Morgan fingerprint density at radius 1 is 0.906 bits per heavy atom. The first-order valence-corrected chi connectivity index (χ1v) is 10.4. The largest absolute Gasteiger partial charge is 0.497 e. The standard InChI is InChI=1S/C26H27FN2O3/c1-19(30)29(18-22-8-12-23(27)13-9-22)25(16-20-6-4-3-5-7-20)26(31)28-17-21-10-14-24(32-2)15-11-21/h3-15,25H,16-18H2,1-2H3,(H,28,31)/t25-/m0/s1. The number of amides is 2. The molecule has 5 nitrogen and oxygen atoms in total. The predicted octanol–water partition coefficient (Wildman–Crippen LogP) is 4.11. The summed E-state index contributed by atoms with van der Waals surface area (Å²) in [6, 6.07) is 22.2. The van der Waals surface area contributed by atoms with E-state index in [9.17, 15) is 14.0 Å². The molecular formula is C26H27FN2O3. The number of hydrogen-bond acceptors (Lipinski definition) is 3. The molecule has 0 fully saturated rings. The van der Waals surface area contributed by atoms with E-state index in [0.29, 0.717) is 13.0 Å². The lowest BCUT2D eigenvalue weighted by Gasteiger charge is -2.30. The van der Waals surface area contributed by atoms with E-state index in [-0.39, 0.29) is 24.2 Å². The van der Waals surface area contributed by atoms with Crippen LogP contribution >= 0.6 is 0 Å². The zero-order valence-electron chi connectivity index (χ0n) is 18.3. The van der Waals surface area contributed by atoms with Crippen LogP contribution in [0.2, 0.25) is 0 Å². The van der Waals surface area contributed by atoms with Crippen LogP contribution < -0.4 is 10.1 Å². The Morgan fingerprint density at radius 3 is 2.12 bits per heavy atom. The lowest BCUT2D eigenvalue weighted by molar-refractivity contribution is -0.139. The number of carbonyl (C=O) groups is 2. The average Bonchev–Trinajstić information content (AvgIpc) is 2.81. The summed E-state index contributed by atoms with van der Waals surface area (Å²) in [5.41, 5.74) is 2.62. The van der Waals surface area contributed by atoms with Gasteiger partial charge in [-0.1, -0.05) is 54.6 Å². The molecule has 0 unspecified atom stereocenters. The number of rotatable bonds is 9. The van der Waals surface area contributed by atoms with Crippen molar-refractivity contribution in [2.24, 2.45) is 0 Å². The molecule has 0 aliphatic rings. The maximum absolute atomic E-state index is 13.3. The first kappa shape index (κ1) is 23.0. The van der Waals surface area contributed by atoms with Gasteiger partial charge in [0.1, 0.15) is 17.6 Å². The first-order valence-electron chi connectivity index (χ1n) is 10.4. The zero-order chi connectivity index (χ0) is 22.9. The Balaban J connectivity index is 1.80. The van der Waals surface area contributed by atoms with E-state index in [1.165, 1.54) is 24.0 Å². The molecule has 0 aliphatic carbocycles. The second kappa shape index (κ2) is 11.1. The van der Waals surface area contributed by atoms with E-state index >= 15 is 0 Å². The lowest BCUT2D eigenvalue weighted by Crippen LogP contribution is -2.49. The maximum atomic E-state index is 13.3. The van der Waals surface area contributed by atoms with Gasteiger partial charge in [0, 0.05) is 26.4 Å². The summed E-state index contributed by atoms with van der Waals surface area (Å²) in [5, 5.41) is 2.95. The van der Waals surface area contributed by atoms with Crippen LogP contribution in [0.5, 0.6) is 5.75 Å². The molecule has 0 aliphatic heterocycles. The van der Waals surface area contributed by atoms with E-state index in [1.807, 2.05) is 54.6 Å². The van der Waals surface area contributed by atoms with E-state index < -0.39 is 6.04 Å². The monoisotopic (exact) mass is 434 g/mol. The van der Waals surface area contributed by atoms with Crippen molar-refractivity contribution >= 4 is 11.8 Å². The molecule has 0 saturated heterocycles. The molecule has 0 spiro atoms. The van der Waals surface area contributed by atoms with Gasteiger partial charge < -0.3 is 15.0 Å². The molecule has 2 amide bonds. The molecule has 0 saturated carbocycles. The van der Waals surface area contributed by atoms with Crippen molar-refractivity contribution in [3.05, 3.63) is 101 Å². The minimum atomic E-state index is -0.710. The van der Waals surface area contributed by atoms with E-state index in [1.54, 1.807) is 19.2 Å². The van der Waals surface area contributed by atoms with Crippen LogP contribution in [0.25, 0.3) is 0 Å². The Morgan fingerprint density at radius 2 is 1.53 bits per heavy atom. The number of nitrogens with one attached hydrogen (secondary N) is 1. The third-order valence-electron chi connectivity index (χ3n) is 5.25. The second-order valence-corrected chi connectivity index (χ2v) is 7.54. The molecule has 3 aromatic carbocycles. The van der Waals surface area contributed by atoms with Crippen LogP contribution in [-0.2, 0) is 29.1 Å². The van der Waals surface area contributed by atoms with Gasteiger partial charge in [-0.05, 0) is 41.0 Å². The quantitative estimate of drug-likeness (QED) is 0.551. The van der Waals surface area contributed by atoms with Crippen LogP contribution in [0.1, 0.15) is 23.6 Å². The Kier molecular flexibility index (Phi) is 7.97. The fourth-order valence-electron chi connectivity index (χ4n) is 3.46. The highest BCUT2D eigenvalue weighted by Gasteiger charge is 2.28. The summed E-state index contributed by atoms with van der Waals surface area (Å²) in [6.45, 7) is 1.98. The number of nitrogens with zero attached hydrogens (tertiary/aromatic N) is 1. The minimum absolute atomic E-state index is 0.211. The van der Waals surface area contributed by atoms with Gasteiger partial charge in [0.05, 0.1) is 7.11 Å². The molecule has 6 heteroatoms. The van der Waals surface area contributed by atoms with Gasteiger partial charge in [0.2, 0.25) is 11.8 Å². The first-order chi connectivity index (χ1) is 15.5. The topological polar surface area (TPSA) is 58.6 Å². The number of halogens is 1. The maximum Gasteiger partial charge on any atom is 0.243 e. The number of carbonyl (C=O) groups excluding carboxylic acids is 2. The van der Waals surface area contributed by atoms with Crippen LogP contribution in [0, 0.1) is 5.82 Å². The SMILES string of the molecule is COc1ccc(CNC(=O)[C@H](Cc2ccccc2)N(Cc2ccc(F)cc2)C(C)=O)cc1. The normalized spacial score (nSPS) is 11.5. The third kappa shape index (κ3) is 6.41. The van der Waals surface area contributed by atoms with Crippen LogP contribution in [0.4, 0.5) is 4.39 Å². The van der Waals surface area contributed by atoms with Crippen LogP contribution in [0.3, 0.4) is 0 Å². The summed E-state index contributed by atoms with van der Waals surface area (Å²) in [5.74, 6) is -0.0814. The van der Waals surface area contributed by atoms with Gasteiger partial charge in [-0.2, -0.15) is 0 Å². The summed E-state index contributed by atoms with van der Waals surface area (Å²) < 4.78 is 18.5. The highest BCUT2D eigenvalue weighted by Crippen LogP contribution is 2.16. The van der Waals surface area contributed by atoms with Gasteiger partial charge in [0.25, 0.3) is 0 Å². The van der Waals surface area contributed by atoms with Gasteiger partial charge in [-0.3, -0.25) is 9.59 Å². The van der Waals surface area contributed by atoms with Gasteiger partial charge in [-0.15, -0.1) is 0 Å². The van der Waals surface area contributed by atoms with Gasteiger partial charge in [-0.25, -0.2) is 4.39 Å². The Hall–Kier alpha value is -3.67. The van der Waals surface area contributed by atoms with Crippen molar-refractivity contribution in [2.75, 3.05) is 7.11 Å². The summed E-state index contributed by atoms with van der Waals surface area (Å²) in [4.78, 5) is 27.3. The molecule has 166 valence electrons. The molecule has 3 aromatic rings. The highest BCUT2D eigenvalue weighted by molar-refractivity contribution is 5.87. The minimum Gasteiger partial charge on any atom is -0.497 e. The summed E-state index contributed by atoms with van der Waals surface area (Å²) in [6.07, 6.45) is 0.371. The van der Waals surface area contributed by atoms with E-state index in [2.05, 4.69) is 5.32 Å². The molecule has 0 radical (unpaired) electrons. The number of hydrogen-bond donors (Lipinski definition) is 1. The smallest absolute Gasteiger partial charge is 0.243 e. The summed E-state index contributed by atoms with van der Waals surface area (Å²) >= 11 is 0. The molecule has 0 bridgehead atoms. The Labute approximate surface area is 187 Å². The Bertz CT molecular complexity index is 1020. The molecule has 0 heterocycles. The number of methoxy groups -OCH3 is 1. The van der Waals surface area contributed by atoms with Crippen LogP contribution in [-0.4, -0.2) is 29.9 Å². The molecule has 32 heavy (non-hydrogen) atoms. The average molecular weight is 435 g/mol. The van der Waals surface area contributed by atoms with Gasteiger partial charge in [0.15, 0.2) is 0 Å². The highest BCUT2D eigenvalue weighted by atomic mass is 19.1. The molecule has 1 atom stereocenters. The van der Waals surface area contributed by atoms with E-state index in [0.717, 1.165) is 22.4 Å². The fraction of sp³-hybridized carbons (Fsp3) is 0.231. The molecular weight excluding hydrogens is 407 g/mol. The van der Waals surface area contributed by atoms with Gasteiger partial charge >= 0.3 is 0 Å². The fourth-order valence-corrected chi connectivity index (χ4v) is 3.46. The summed E-state index contributed by atoms with van der Waals surface area (Å²) in [7, 11) is 1.60. The number of ether oxygens (including phenoxy) is 1. The molecule has 0 aromatic heterocycles. The molecule has 3 rings (SSSR count). The second-order valence-electron chi connectivity index (χ2n) is 7.54. The number of benzene rings is 3. The van der Waals surface area contributed by atoms with Crippen molar-refractivity contribution in [1.82, 2.24) is 10.2 Å². The van der Waals surface area contributed by atoms with Crippen molar-refractivity contribution < 1.29 is 18.7 Å². The molecule has 1 N–H and O–H groups in total. The predicted molar refractivity (Wildman–Crippen MR) is 121 cm³/mol. The lowest BCUT2D eigenvalue weighted by atomic mass is 10.0. The zero-order valence-corrected chi connectivity index (χ0v) is 18.3. The van der Waals surface area contributed by atoms with E-state index in [4.69, 9.17) is 4.74 Å². The van der Waals surface area contributed by atoms with Crippen molar-refractivity contribution in [2.45, 2.75) is 32.5 Å².